The van der Waals surface area contributed by atoms with E-state index in [0.29, 0.717) is 29.9 Å². The number of nitrogens with zero attached hydrogens (tertiary/aromatic N) is 1. The fourth-order valence-electron chi connectivity index (χ4n) is 3.32. The summed E-state index contributed by atoms with van der Waals surface area (Å²) < 4.78 is 44.4. The van der Waals surface area contributed by atoms with Crippen LogP contribution in [0.3, 0.4) is 0 Å². The first kappa shape index (κ1) is 20.0. The number of benzene rings is 2. The summed E-state index contributed by atoms with van der Waals surface area (Å²) >= 11 is 0. The molecule has 3 aromatic rings. The number of amides is 1. The molecule has 30 heavy (non-hydrogen) atoms. The third-order valence-corrected chi connectivity index (χ3v) is 4.85. The van der Waals surface area contributed by atoms with E-state index in [1.807, 2.05) is 0 Å². The molecule has 1 saturated heterocycles. The highest BCUT2D eigenvalue weighted by atomic mass is 19.1. The smallest absolute Gasteiger partial charge is 0.256 e. The molecule has 1 aliphatic rings. The van der Waals surface area contributed by atoms with Crippen LogP contribution in [-0.2, 0) is 4.74 Å². The van der Waals surface area contributed by atoms with Crippen molar-refractivity contribution in [3.05, 3.63) is 65.2 Å². The molecule has 6 nitrogen and oxygen atoms in total. The Bertz CT molecular complexity index is 1150. The Kier molecular flexibility index (Phi) is 5.76. The van der Waals surface area contributed by atoms with Crippen molar-refractivity contribution in [1.29, 1.82) is 0 Å². The third-order valence-electron chi connectivity index (χ3n) is 4.85. The van der Waals surface area contributed by atoms with Gasteiger partial charge in [-0.25, -0.2) is 13.8 Å². The largest absolute Gasteiger partial charge is 0.493 e. The van der Waals surface area contributed by atoms with Crippen molar-refractivity contribution in [2.45, 2.75) is 18.9 Å². The van der Waals surface area contributed by atoms with Gasteiger partial charge in [-0.05, 0) is 37.1 Å². The van der Waals surface area contributed by atoms with E-state index in [4.69, 9.17) is 13.9 Å². The van der Waals surface area contributed by atoms with E-state index in [0.717, 1.165) is 31.0 Å². The van der Waals surface area contributed by atoms with Crippen molar-refractivity contribution in [3.8, 4) is 5.75 Å². The monoisotopic (exact) mass is 414 g/mol. The highest BCUT2D eigenvalue weighted by Crippen LogP contribution is 2.25. The van der Waals surface area contributed by atoms with Gasteiger partial charge in [-0.3, -0.25) is 4.79 Å². The van der Waals surface area contributed by atoms with Crippen LogP contribution in [0.15, 0.2) is 51.9 Å². The van der Waals surface area contributed by atoms with Crippen LogP contribution in [-0.4, -0.2) is 32.3 Å². The Labute approximate surface area is 171 Å². The standard InChI is InChI=1S/C22H20F2N2O4/c1-28-19-6-2-4-13-10-16(21(27)25-12-15-5-3-9-29-15)22(30-20(13)19)26-18-11-14(23)7-8-17(18)24/h2,4,6-8,10-11,15H,3,5,9,12H2,1H3,(H,25,27). The van der Waals surface area contributed by atoms with Gasteiger partial charge in [0.15, 0.2) is 11.3 Å². The summed E-state index contributed by atoms with van der Waals surface area (Å²) in [7, 11) is 1.48. The zero-order valence-electron chi connectivity index (χ0n) is 16.3. The molecule has 1 aromatic heterocycles. The zero-order chi connectivity index (χ0) is 21.1. The second kappa shape index (κ2) is 8.62. The zero-order valence-corrected chi connectivity index (χ0v) is 16.3. The summed E-state index contributed by atoms with van der Waals surface area (Å²) in [6.45, 7) is 1.01. The number of hydrogen-bond donors (Lipinski definition) is 1. The van der Waals surface area contributed by atoms with E-state index in [2.05, 4.69) is 10.3 Å². The maximum Gasteiger partial charge on any atom is 0.256 e. The summed E-state index contributed by atoms with van der Waals surface area (Å²) in [5, 5.41) is 3.41. The first-order chi connectivity index (χ1) is 14.5. The maximum absolute atomic E-state index is 14.2. The van der Waals surface area contributed by atoms with Gasteiger partial charge in [0.2, 0.25) is 5.55 Å². The number of nitrogens with one attached hydrogen (secondary N) is 1. The summed E-state index contributed by atoms with van der Waals surface area (Å²) in [6, 6.07) is 9.68. The lowest BCUT2D eigenvalue weighted by Crippen LogP contribution is -2.34. The number of fused-ring (bicyclic) bond motifs is 1. The fourth-order valence-corrected chi connectivity index (χ4v) is 3.32. The number of methoxy groups -OCH3 is 1. The molecule has 8 heteroatoms. The average Bonchev–Trinajstić information content (AvgIpc) is 3.27. The minimum Gasteiger partial charge on any atom is -0.493 e. The summed E-state index contributed by atoms with van der Waals surface area (Å²) in [5.41, 5.74) is 0.00571. The number of hydrogen-bond acceptors (Lipinski definition) is 5. The molecule has 0 spiro atoms. The highest BCUT2D eigenvalue weighted by molar-refractivity contribution is 5.97. The molecule has 2 aromatic carbocycles. The Morgan fingerprint density at radius 2 is 2.13 bits per heavy atom. The van der Waals surface area contributed by atoms with Gasteiger partial charge in [0.25, 0.3) is 5.91 Å². The van der Waals surface area contributed by atoms with E-state index in [9.17, 15) is 13.6 Å². The van der Waals surface area contributed by atoms with E-state index < -0.39 is 17.5 Å². The molecular formula is C22H20F2N2O4. The predicted molar refractivity (Wildman–Crippen MR) is 106 cm³/mol. The maximum atomic E-state index is 14.2. The number of carbonyl (C=O) groups is 1. The SMILES string of the molecule is COc1cccc2cc(C(=O)NCC3CCCO3)c(=Nc3cc(F)ccc3F)oc12. The van der Waals surface area contributed by atoms with Crippen molar-refractivity contribution < 1.29 is 27.5 Å². The van der Waals surface area contributed by atoms with Crippen molar-refractivity contribution in [2.24, 2.45) is 4.99 Å². The van der Waals surface area contributed by atoms with Gasteiger partial charge >= 0.3 is 0 Å². The Hall–Kier alpha value is -3.26. The predicted octanol–water partition coefficient (Wildman–Crippen LogP) is 3.86. The highest BCUT2D eigenvalue weighted by Gasteiger charge is 2.19. The number of carbonyl (C=O) groups excluding carboxylic acids is 1. The van der Waals surface area contributed by atoms with Crippen molar-refractivity contribution in [2.75, 3.05) is 20.3 Å². The summed E-state index contributed by atoms with van der Waals surface area (Å²) in [6.07, 6.45) is 1.77. The van der Waals surface area contributed by atoms with Gasteiger partial charge in [0, 0.05) is 24.6 Å². The van der Waals surface area contributed by atoms with Crippen molar-refractivity contribution in [1.82, 2.24) is 5.32 Å². The second-order valence-electron chi connectivity index (χ2n) is 6.90. The molecule has 156 valence electrons. The molecule has 0 radical (unpaired) electrons. The molecule has 1 N–H and O–H groups in total. The molecule has 0 aliphatic carbocycles. The van der Waals surface area contributed by atoms with E-state index >= 15 is 0 Å². The normalized spacial score (nSPS) is 16.8. The number of rotatable bonds is 5. The fraction of sp³-hybridized carbons (Fsp3) is 0.273. The van der Waals surface area contributed by atoms with Gasteiger partial charge in [-0.2, -0.15) is 0 Å². The second-order valence-corrected chi connectivity index (χ2v) is 6.90. The van der Waals surface area contributed by atoms with Crippen LogP contribution >= 0.6 is 0 Å². The minimum atomic E-state index is -0.738. The lowest BCUT2D eigenvalue weighted by atomic mass is 10.1. The minimum absolute atomic E-state index is 0.0486. The summed E-state index contributed by atoms with van der Waals surface area (Å²) in [4.78, 5) is 17.0. The van der Waals surface area contributed by atoms with Gasteiger partial charge < -0.3 is 19.2 Å². The molecule has 2 heterocycles. The quantitative estimate of drug-likeness (QED) is 0.688. The van der Waals surface area contributed by atoms with E-state index in [1.54, 1.807) is 24.3 Å². The number of ether oxygens (including phenoxy) is 2. The molecule has 1 atom stereocenters. The first-order valence-corrected chi connectivity index (χ1v) is 9.55. The number of halogens is 2. The van der Waals surface area contributed by atoms with Crippen LogP contribution < -0.4 is 15.6 Å². The number of para-hydroxylation sites is 1. The molecule has 4 rings (SSSR count). The Balaban J connectivity index is 1.82. The van der Waals surface area contributed by atoms with Crippen LogP contribution in [0.1, 0.15) is 23.2 Å². The van der Waals surface area contributed by atoms with Crippen LogP contribution in [0.2, 0.25) is 0 Å². The molecule has 1 aliphatic heterocycles. The molecular weight excluding hydrogens is 394 g/mol. The van der Waals surface area contributed by atoms with Crippen molar-refractivity contribution in [3.63, 3.8) is 0 Å². The molecule has 1 unspecified atom stereocenters. The Morgan fingerprint density at radius 3 is 2.90 bits per heavy atom. The van der Waals surface area contributed by atoms with Gasteiger partial charge in [0.1, 0.15) is 22.9 Å². The van der Waals surface area contributed by atoms with E-state index in [-0.39, 0.29) is 22.9 Å². The van der Waals surface area contributed by atoms with Gasteiger partial charge in [-0.15, -0.1) is 0 Å². The first-order valence-electron chi connectivity index (χ1n) is 9.55. The third kappa shape index (κ3) is 4.18. The lowest BCUT2D eigenvalue weighted by Gasteiger charge is -2.12. The Morgan fingerprint density at radius 1 is 1.27 bits per heavy atom. The van der Waals surface area contributed by atoms with Crippen LogP contribution in [0.5, 0.6) is 5.75 Å². The average molecular weight is 414 g/mol. The van der Waals surface area contributed by atoms with Crippen LogP contribution in [0.25, 0.3) is 11.0 Å². The van der Waals surface area contributed by atoms with Crippen LogP contribution in [0.4, 0.5) is 14.5 Å². The lowest BCUT2D eigenvalue weighted by molar-refractivity contribution is 0.0854. The topological polar surface area (TPSA) is 73.1 Å². The van der Waals surface area contributed by atoms with E-state index in [1.165, 1.54) is 7.11 Å². The van der Waals surface area contributed by atoms with Gasteiger partial charge in [-0.1, -0.05) is 12.1 Å². The van der Waals surface area contributed by atoms with Crippen LogP contribution in [0, 0.1) is 11.6 Å². The molecule has 0 bridgehead atoms. The molecule has 0 saturated carbocycles. The summed E-state index contributed by atoms with van der Waals surface area (Å²) in [5.74, 6) is -1.42. The molecule has 1 amide bonds. The van der Waals surface area contributed by atoms with Gasteiger partial charge in [0.05, 0.1) is 13.2 Å². The molecule has 1 fully saturated rings. The van der Waals surface area contributed by atoms with Crippen molar-refractivity contribution >= 4 is 22.6 Å².